The SMILES string of the molecule is CC(C)C1c2onc(N)c2CCN1C1CC1. The summed E-state index contributed by atoms with van der Waals surface area (Å²) in [6.45, 7) is 5.59. The van der Waals surface area contributed by atoms with E-state index in [1.165, 1.54) is 12.8 Å². The van der Waals surface area contributed by atoms with Crippen molar-refractivity contribution in [2.75, 3.05) is 12.3 Å². The molecule has 0 spiro atoms. The number of nitrogens with zero attached hydrogens (tertiary/aromatic N) is 2. The molecule has 0 saturated heterocycles. The molecule has 2 aliphatic rings. The Morgan fingerprint density at radius 1 is 1.44 bits per heavy atom. The molecule has 0 bridgehead atoms. The highest BCUT2D eigenvalue weighted by molar-refractivity contribution is 5.43. The van der Waals surface area contributed by atoms with Crippen LogP contribution >= 0.6 is 0 Å². The van der Waals surface area contributed by atoms with E-state index < -0.39 is 0 Å². The summed E-state index contributed by atoms with van der Waals surface area (Å²) in [6.07, 6.45) is 3.66. The Morgan fingerprint density at radius 3 is 2.81 bits per heavy atom. The van der Waals surface area contributed by atoms with Gasteiger partial charge in [-0.05, 0) is 25.2 Å². The first-order chi connectivity index (χ1) is 7.68. The van der Waals surface area contributed by atoms with Crippen molar-refractivity contribution in [3.05, 3.63) is 11.3 Å². The Kier molecular flexibility index (Phi) is 2.21. The normalized spacial score (nSPS) is 26.1. The quantitative estimate of drug-likeness (QED) is 0.829. The van der Waals surface area contributed by atoms with Gasteiger partial charge in [0.1, 0.15) is 0 Å². The number of rotatable bonds is 2. The summed E-state index contributed by atoms with van der Waals surface area (Å²) in [5.74, 6) is 2.16. The number of nitrogens with two attached hydrogens (primary N) is 1. The van der Waals surface area contributed by atoms with Gasteiger partial charge < -0.3 is 10.3 Å². The van der Waals surface area contributed by atoms with Crippen molar-refractivity contribution in [1.82, 2.24) is 10.1 Å². The van der Waals surface area contributed by atoms with Crippen molar-refractivity contribution < 1.29 is 4.52 Å². The number of fused-ring (bicyclic) bond motifs is 1. The Morgan fingerprint density at radius 2 is 2.19 bits per heavy atom. The summed E-state index contributed by atoms with van der Waals surface area (Å²) in [5.41, 5.74) is 6.99. The van der Waals surface area contributed by atoms with E-state index in [1.54, 1.807) is 0 Å². The molecule has 1 aliphatic heterocycles. The molecule has 1 unspecified atom stereocenters. The topological polar surface area (TPSA) is 55.3 Å². The lowest BCUT2D eigenvalue weighted by atomic mass is 9.92. The molecule has 88 valence electrons. The molecule has 0 aromatic carbocycles. The van der Waals surface area contributed by atoms with Crippen LogP contribution in [0.2, 0.25) is 0 Å². The molecule has 2 N–H and O–H groups in total. The summed E-state index contributed by atoms with van der Waals surface area (Å²) in [7, 11) is 0. The molecule has 4 nitrogen and oxygen atoms in total. The molecule has 1 aliphatic carbocycles. The van der Waals surface area contributed by atoms with Crippen molar-refractivity contribution in [3.63, 3.8) is 0 Å². The molecule has 2 heterocycles. The predicted molar refractivity (Wildman–Crippen MR) is 61.9 cm³/mol. The van der Waals surface area contributed by atoms with Crippen LogP contribution in [0.25, 0.3) is 0 Å². The largest absolute Gasteiger partial charge is 0.381 e. The molecule has 1 aromatic rings. The molecular weight excluding hydrogens is 202 g/mol. The fraction of sp³-hybridized carbons (Fsp3) is 0.750. The van der Waals surface area contributed by atoms with Crippen LogP contribution in [0.1, 0.15) is 44.1 Å². The highest BCUT2D eigenvalue weighted by Gasteiger charge is 2.41. The fourth-order valence-corrected chi connectivity index (χ4v) is 2.85. The Hall–Kier alpha value is -1.03. The zero-order valence-electron chi connectivity index (χ0n) is 9.94. The molecule has 4 heteroatoms. The van der Waals surface area contributed by atoms with Crippen molar-refractivity contribution in [3.8, 4) is 0 Å². The van der Waals surface area contributed by atoms with Gasteiger partial charge in [-0.25, -0.2) is 0 Å². The van der Waals surface area contributed by atoms with E-state index in [0.29, 0.717) is 17.8 Å². The summed E-state index contributed by atoms with van der Waals surface area (Å²) < 4.78 is 5.45. The lowest BCUT2D eigenvalue weighted by Crippen LogP contribution is -2.39. The van der Waals surface area contributed by atoms with Gasteiger partial charge in [0, 0.05) is 18.2 Å². The molecule has 1 atom stereocenters. The maximum Gasteiger partial charge on any atom is 0.170 e. The monoisotopic (exact) mass is 221 g/mol. The molecule has 0 amide bonds. The second kappa shape index (κ2) is 3.48. The second-order valence-electron chi connectivity index (χ2n) is 5.32. The number of anilines is 1. The Labute approximate surface area is 95.8 Å². The van der Waals surface area contributed by atoms with E-state index in [0.717, 1.165) is 30.3 Å². The lowest BCUT2D eigenvalue weighted by Gasteiger charge is -2.36. The van der Waals surface area contributed by atoms with Crippen LogP contribution < -0.4 is 5.73 Å². The van der Waals surface area contributed by atoms with Gasteiger partial charge in [-0.3, -0.25) is 4.90 Å². The molecule has 16 heavy (non-hydrogen) atoms. The van der Waals surface area contributed by atoms with Gasteiger partial charge >= 0.3 is 0 Å². The molecule has 3 rings (SSSR count). The maximum absolute atomic E-state index is 5.84. The summed E-state index contributed by atoms with van der Waals surface area (Å²) in [5, 5.41) is 3.92. The number of nitrogen functional groups attached to an aromatic ring is 1. The van der Waals surface area contributed by atoms with Crippen molar-refractivity contribution in [1.29, 1.82) is 0 Å². The van der Waals surface area contributed by atoms with E-state index in [2.05, 4.69) is 23.9 Å². The van der Waals surface area contributed by atoms with Crippen LogP contribution in [0.3, 0.4) is 0 Å². The standard InChI is InChI=1S/C12H19N3O/c1-7(2)10-11-9(12(13)14-16-11)5-6-15(10)8-3-4-8/h7-8,10H,3-6H2,1-2H3,(H2,13,14). The van der Waals surface area contributed by atoms with E-state index in [1.807, 2.05) is 0 Å². The minimum absolute atomic E-state index is 0.376. The highest BCUT2D eigenvalue weighted by Crippen LogP contribution is 2.43. The smallest absolute Gasteiger partial charge is 0.170 e. The van der Waals surface area contributed by atoms with E-state index in [-0.39, 0.29) is 0 Å². The first-order valence-corrected chi connectivity index (χ1v) is 6.18. The van der Waals surface area contributed by atoms with Crippen molar-refractivity contribution in [2.24, 2.45) is 5.92 Å². The van der Waals surface area contributed by atoms with Gasteiger partial charge in [0.05, 0.1) is 6.04 Å². The predicted octanol–water partition coefficient (Wildman–Crippen LogP) is 1.97. The molecule has 1 fully saturated rings. The maximum atomic E-state index is 5.84. The van der Waals surface area contributed by atoms with E-state index in [4.69, 9.17) is 10.3 Å². The molecule has 1 aromatic heterocycles. The number of hydrogen-bond donors (Lipinski definition) is 1. The average molecular weight is 221 g/mol. The summed E-state index contributed by atoms with van der Waals surface area (Å²) >= 11 is 0. The first kappa shape index (κ1) is 10.1. The number of hydrogen-bond acceptors (Lipinski definition) is 4. The van der Waals surface area contributed by atoms with Gasteiger partial charge in [0.15, 0.2) is 11.6 Å². The van der Waals surface area contributed by atoms with Gasteiger partial charge in [-0.15, -0.1) is 0 Å². The third-order valence-corrected chi connectivity index (χ3v) is 3.74. The van der Waals surface area contributed by atoms with Gasteiger partial charge in [0.2, 0.25) is 0 Å². The Balaban J connectivity index is 1.98. The first-order valence-electron chi connectivity index (χ1n) is 6.18. The summed E-state index contributed by atoms with van der Waals surface area (Å²) in [4.78, 5) is 2.58. The van der Waals surface area contributed by atoms with Gasteiger partial charge in [0.25, 0.3) is 0 Å². The van der Waals surface area contributed by atoms with E-state index >= 15 is 0 Å². The zero-order valence-corrected chi connectivity index (χ0v) is 9.94. The third kappa shape index (κ3) is 1.44. The Bertz CT molecular complexity index is 395. The van der Waals surface area contributed by atoms with Crippen molar-refractivity contribution in [2.45, 2.75) is 45.2 Å². The minimum Gasteiger partial charge on any atom is -0.381 e. The molecular formula is C12H19N3O. The van der Waals surface area contributed by atoms with Crippen LogP contribution in [0, 0.1) is 5.92 Å². The van der Waals surface area contributed by atoms with Crippen LogP contribution in [0.4, 0.5) is 5.82 Å². The van der Waals surface area contributed by atoms with Crippen LogP contribution in [0.15, 0.2) is 4.52 Å². The third-order valence-electron chi connectivity index (χ3n) is 3.74. The molecule has 1 saturated carbocycles. The average Bonchev–Trinajstić information content (AvgIpc) is 3.03. The van der Waals surface area contributed by atoms with Crippen LogP contribution in [0.5, 0.6) is 0 Å². The second-order valence-corrected chi connectivity index (χ2v) is 5.32. The van der Waals surface area contributed by atoms with Crippen molar-refractivity contribution >= 4 is 5.82 Å². The fourth-order valence-electron chi connectivity index (χ4n) is 2.85. The molecule has 0 radical (unpaired) electrons. The minimum atomic E-state index is 0.376. The van der Waals surface area contributed by atoms with Crippen LogP contribution in [-0.4, -0.2) is 22.6 Å². The number of aromatic nitrogens is 1. The van der Waals surface area contributed by atoms with E-state index in [9.17, 15) is 0 Å². The van der Waals surface area contributed by atoms with Gasteiger partial charge in [-0.1, -0.05) is 19.0 Å². The van der Waals surface area contributed by atoms with Gasteiger partial charge in [-0.2, -0.15) is 0 Å². The lowest BCUT2D eigenvalue weighted by molar-refractivity contribution is 0.106. The van der Waals surface area contributed by atoms with Crippen LogP contribution in [-0.2, 0) is 6.42 Å². The summed E-state index contributed by atoms with van der Waals surface area (Å²) in [6, 6.07) is 1.15. The highest BCUT2D eigenvalue weighted by atomic mass is 16.5. The zero-order chi connectivity index (χ0) is 11.3.